The number of aromatic nitrogens is 1. The number of nitrogens with zero attached hydrogens (tertiary/aromatic N) is 2. The van der Waals surface area contributed by atoms with Gasteiger partial charge < -0.3 is 10.0 Å². The molecule has 19 heavy (non-hydrogen) atoms. The largest absolute Gasteiger partial charge is 0.392 e. The fraction of sp³-hybridized carbons (Fsp3) is 0.267. The van der Waals surface area contributed by atoms with Gasteiger partial charge in [0.25, 0.3) is 0 Å². The van der Waals surface area contributed by atoms with E-state index in [-0.39, 0.29) is 6.61 Å². The molecule has 2 aromatic rings. The Balaban J connectivity index is 2.39. The first-order valence-electron chi connectivity index (χ1n) is 6.25. The summed E-state index contributed by atoms with van der Waals surface area (Å²) < 4.78 is 0. The van der Waals surface area contributed by atoms with E-state index in [1.165, 1.54) is 5.56 Å². The van der Waals surface area contributed by atoms with E-state index >= 15 is 0 Å². The first-order valence-corrected chi connectivity index (χ1v) is 6.63. The van der Waals surface area contributed by atoms with Crippen LogP contribution in [0.5, 0.6) is 0 Å². The maximum atomic E-state index is 9.27. The maximum Gasteiger partial charge on any atom is 0.133 e. The summed E-state index contributed by atoms with van der Waals surface area (Å²) in [5.74, 6) is 0.791. The minimum absolute atomic E-state index is 0.0835. The van der Waals surface area contributed by atoms with Gasteiger partial charge in [0, 0.05) is 24.0 Å². The van der Waals surface area contributed by atoms with E-state index in [0.29, 0.717) is 10.6 Å². The van der Waals surface area contributed by atoms with Crippen molar-refractivity contribution in [2.75, 3.05) is 11.4 Å². The third-order valence-corrected chi connectivity index (χ3v) is 3.37. The third kappa shape index (κ3) is 3.06. The third-order valence-electron chi connectivity index (χ3n) is 3.03. The van der Waals surface area contributed by atoms with Crippen molar-refractivity contribution >= 4 is 23.1 Å². The number of hydrogen-bond donors (Lipinski definition) is 1. The van der Waals surface area contributed by atoms with Crippen LogP contribution in [0, 0.1) is 6.92 Å². The van der Waals surface area contributed by atoms with Gasteiger partial charge in [-0.3, -0.25) is 0 Å². The second kappa shape index (κ2) is 6.04. The van der Waals surface area contributed by atoms with Crippen molar-refractivity contribution < 1.29 is 5.11 Å². The molecule has 0 bridgehead atoms. The standard InChI is InChI=1S/C15H17ClN2O/c1-3-18(13-6-4-11(2)5-7-13)15-8-12(10-19)14(16)9-17-15/h4-9,19H,3,10H2,1-2H3. The van der Waals surface area contributed by atoms with Gasteiger partial charge in [-0.05, 0) is 32.0 Å². The Hall–Kier alpha value is -1.58. The summed E-state index contributed by atoms with van der Waals surface area (Å²) in [7, 11) is 0. The molecule has 2 rings (SSSR count). The average Bonchev–Trinajstić information content (AvgIpc) is 2.43. The molecule has 0 saturated heterocycles. The first-order chi connectivity index (χ1) is 9.15. The Bertz CT molecular complexity index is 555. The van der Waals surface area contributed by atoms with Crippen molar-refractivity contribution in [1.82, 2.24) is 4.98 Å². The van der Waals surface area contributed by atoms with Crippen molar-refractivity contribution in [3.05, 3.63) is 52.7 Å². The molecule has 0 aliphatic heterocycles. The smallest absolute Gasteiger partial charge is 0.133 e. The second-order valence-corrected chi connectivity index (χ2v) is 4.78. The van der Waals surface area contributed by atoms with Gasteiger partial charge >= 0.3 is 0 Å². The van der Waals surface area contributed by atoms with Gasteiger partial charge in [0.1, 0.15) is 5.82 Å². The predicted octanol–water partition coefficient (Wildman–Crippen LogP) is 3.69. The van der Waals surface area contributed by atoms with E-state index in [1.54, 1.807) is 6.20 Å². The van der Waals surface area contributed by atoms with Crippen LogP contribution < -0.4 is 4.90 Å². The molecule has 0 unspecified atom stereocenters. The molecule has 0 radical (unpaired) electrons. The number of halogens is 1. The van der Waals surface area contributed by atoms with Gasteiger partial charge in [-0.2, -0.15) is 0 Å². The Morgan fingerprint density at radius 2 is 1.95 bits per heavy atom. The van der Waals surface area contributed by atoms with Crippen molar-refractivity contribution in [3.63, 3.8) is 0 Å². The molecular weight excluding hydrogens is 260 g/mol. The topological polar surface area (TPSA) is 36.4 Å². The fourth-order valence-corrected chi connectivity index (χ4v) is 2.10. The number of pyridine rings is 1. The molecular formula is C15H17ClN2O. The van der Waals surface area contributed by atoms with Crippen molar-refractivity contribution in [3.8, 4) is 0 Å². The highest BCUT2D eigenvalue weighted by atomic mass is 35.5. The van der Waals surface area contributed by atoms with E-state index in [9.17, 15) is 5.11 Å². The normalized spacial score (nSPS) is 10.5. The SMILES string of the molecule is CCN(c1ccc(C)cc1)c1cc(CO)c(Cl)cn1. The zero-order valence-corrected chi connectivity index (χ0v) is 11.9. The Labute approximate surface area is 118 Å². The number of aliphatic hydroxyl groups is 1. The summed E-state index contributed by atoms with van der Waals surface area (Å²) >= 11 is 5.97. The number of rotatable bonds is 4. The van der Waals surface area contributed by atoms with Crippen LogP contribution in [0.3, 0.4) is 0 Å². The van der Waals surface area contributed by atoms with Gasteiger partial charge in [-0.15, -0.1) is 0 Å². The maximum absolute atomic E-state index is 9.27. The molecule has 0 saturated carbocycles. The highest BCUT2D eigenvalue weighted by Gasteiger charge is 2.10. The van der Waals surface area contributed by atoms with Crippen LogP contribution in [-0.4, -0.2) is 16.6 Å². The zero-order valence-electron chi connectivity index (χ0n) is 11.1. The minimum atomic E-state index is -0.0835. The lowest BCUT2D eigenvalue weighted by Crippen LogP contribution is -2.17. The van der Waals surface area contributed by atoms with E-state index < -0.39 is 0 Å². The summed E-state index contributed by atoms with van der Waals surface area (Å²) in [6.45, 7) is 4.83. The van der Waals surface area contributed by atoms with Crippen LogP contribution in [0.25, 0.3) is 0 Å². The van der Waals surface area contributed by atoms with E-state index in [0.717, 1.165) is 18.1 Å². The van der Waals surface area contributed by atoms with Crippen molar-refractivity contribution in [2.24, 2.45) is 0 Å². The van der Waals surface area contributed by atoms with Gasteiger partial charge in [0.05, 0.1) is 11.6 Å². The summed E-state index contributed by atoms with van der Waals surface area (Å²) in [5.41, 5.74) is 2.99. The Kier molecular flexibility index (Phi) is 4.40. The first kappa shape index (κ1) is 13.8. The van der Waals surface area contributed by atoms with Crippen LogP contribution in [0.15, 0.2) is 36.5 Å². The number of benzene rings is 1. The van der Waals surface area contributed by atoms with Crippen LogP contribution in [-0.2, 0) is 6.61 Å². The highest BCUT2D eigenvalue weighted by Crippen LogP contribution is 2.26. The molecule has 1 aromatic carbocycles. The fourth-order valence-electron chi connectivity index (χ4n) is 1.94. The Morgan fingerprint density at radius 1 is 1.26 bits per heavy atom. The molecule has 0 fully saturated rings. The minimum Gasteiger partial charge on any atom is -0.392 e. The van der Waals surface area contributed by atoms with Gasteiger partial charge in [-0.25, -0.2) is 4.98 Å². The molecule has 3 nitrogen and oxygen atoms in total. The molecule has 4 heteroatoms. The lowest BCUT2D eigenvalue weighted by Gasteiger charge is -2.23. The van der Waals surface area contributed by atoms with Crippen LogP contribution in [0.1, 0.15) is 18.1 Å². The van der Waals surface area contributed by atoms with Gasteiger partial charge in [0.15, 0.2) is 0 Å². The van der Waals surface area contributed by atoms with Crippen LogP contribution in [0.2, 0.25) is 5.02 Å². The summed E-state index contributed by atoms with van der Waals surface area (Å²) in [4.78, 5) is 6.42. The van der Waals surface area contributed by atoms with Crippen LogP contribution in [0.4, 0.5) is 11.5 Å². The average molecular weight is 277 g/mol. The van der Waals surface area contributed by atoms with Gasteiger partial charge in [-0.1, -0.05) is 29.3 Å². The van der Waals surface area contributed by atoms with E-state index in [2.05, 4.69) is 48.0 Å². The van der Waals surface area contributed by atoms with Crippen molar-refractivity contribution in [1.29, 1.82) is 0 Å². The summed E-state index contributed by atoms with van der Waals surface area (Å²) in [6.07, 6.45) is 1.58. The predicted molar refractivity (Wildman–Crippen MR) is 79.0 cm³/mol. The van der Waals surface area contributed by atoms with E-state index in [4.69, 9.17) is 11.6 Å². The zero-order chi connectivity index (χ0) is 13.8. The number of aliphatic hydroxyl groups excluding tert-OH is 1. The lowest BCUT2D eigenvalue weighted by molar-refractivity contribution is 0.282. The molecule has 100 valence electrons. The summed E-state index contributed by atoms with van der Waals surface area (Å²) in [6, 6.07) is 10.1. The summed E-state index contributed by atoms with van der Waals surface area (Å²) in [5, 5.41) is 9.77. The highest BCUT2D eigenvalue weighted by molar-refractivity contribution is 6.31. The Morgan fingerprint density at radius 3 is 2.53 bits per heavy atom. The molecule has 1 aromatic heterocycles. The lowest BCUT2D eigenvalue weighted by atomic mass is 10.2. The van der Waals surface area contributed by atoms with Gasteiger partial charge in [0.2, 0.25) is 0 Å². The van der Waals surface area contributed by atoms with Crippen LogP contribution >= 0.6 is 11.6 Å². The number of anilines is 2. The van der Waals surface area contributed by atoms with Crippen molar-refractivity contribution in [2.45, 2.75) is 20.5 Å². The molecule has 0 atom stereocenters. The quantitative estimate of drug-likeness (QED) is 0.925. The molecule has 0 aliphatic rings. The number of aryl methyl sites for hydroxylation is 1. The number of hydrogen-bond acceptors (Lipinski definition) is 3. The molecule has 0 amide bonds. The molecule has 1 N–H and O–H groups in total. The molecule has 0 aliphatic carbocycles. The molecule has 1 heterocycles. The van der Waals surface area contributed by atoms with E-state index in [1.807, 2.05) is 6.07 Å². The second-order valence-electron chi connectivity index (χ2n) is 4.37. The monoisotopic (exact) mass is 276 g/mol. The molecule has 0 spiro atoms.